The van der Waals surface area contributed by atoms with Crippen molar-refractivity contribution >= 4 is 11.6 Å². The van der Waals surface area contributed by atoms with Gasteiger partial charge in [0.15, 0.2) is 0 Å². The van der Waals surface area contributed by atoms with Gasteiger partial charge in [-0.3, -0.25) is 4.98 Å². The molecule has 84 valence electrons. The Kier molecular flexibility index (Phi) is 5.10. The lowest BCUT2D eigenvalue weighted by Crippen LogP contribution is -2.18. The molecule has 0 aliphatic rings. The molecule has 0 bridgehead atoms. The van der Waals surface area contributed by atoms with Crippen molar-refractivity contribution in [2.75, 3.05) is 0 Å². The summed E-state index contributed by atoms with van der Waals surface area (Å²) < 4.78 is 0. The number of alkyl halides is 1. The van der Waals surface area contributed by atoms with Crippen molar-refractivity contribution in [3.05, 3.63) is 30.1 Å². The first-order chi connectivity index (χ1) is 7.16. The molecule has 0 N–H and O–H groups in total. The highest BCUT2D eigenvalue weighted by molar-refractivity contribution is 6.21. The van der Waals surface area contributed by atoms with Crippen LogP contribution in [0, 0.1) is 5.92 Å². The van der Waals surface area contributed by atoms with E-state index in [1.165, 1.54) is 18.4 Å². The number of halogens is 1. The lowest BCUT2D eigenvalue weighted by atomic mass is 9.89. The molecule has 0 aromatic carbocycles. The van der Waals surface area contributed by atoms with Gasteiger partial charge in [-0.15, -0.1) is 11.6 Å². The van der Waals surface area contributed by atoms with Crippen LogP contribution >= 0.6 is 11.6 Å². The van der Waals surface area contributed by atoms with E-state index < -0.39 is 0 Å². The largest absolute Gasteiger partial charge is 0.265 e. The average Bonchev–Trinajstić information content (AvgIpc) is 2.28. The van der Waals surface area contributed by atoms with E-state index in [-0.39, 0.29) is 5.38 Å². The number of aromatic nitrogens is 1. The molecule has 0 amide bonds. The minimum Gasteiger partial charge on any atom is -0.265 e. The molecule has 1 nitrogen and oxygen atoms in total. The Morgan fingerprint density at radius 3 is 2.40 bits per heavy atom. The summed E-state index contributed by atoms with van der Waals surface area (Å²) in [6.45, 7) is 6.63. The predicted molar refractivity (Wildman–Crippen MR) is 66.4 cm³/mol. The van der Waals surface area contributed by atoms with Gasteiger partial charge in [0.2, 0.25) is 0 Å². The molecule has 0 saturated heterocycles. The number of hydrogen-bond acceptors (Lipinski definition) is 1. The van der Waals surface area contributed by atoms with Crippen LogP contribution in [0.3, 0.4) is 0 Å². The monoisotopic (exact) mass is 225 g/mol. The molecule has 3 atom stereocenters. The standard InChI is InChI=1S/C13H20ClN/c1-4-5-10(2)13(14)11(3)12-6-8-15-9-7-12/h6-11,13H,4-5H2,1-3H3. The summed E-state index contributed by atoms with van der Waals surface area (Å²) in [4.78, 5) is 4.03. The van der Waals surface area contributed by atoms with Crippen molar-refractivity contribution in [1.82, 2.24) is 4.98 Å². The SMILES string of the molecule is CCCC(C)C(Cl)C(C)c1ccncc1. The Hall–Kier alpha value is -0.560. The quantitative estimate of drug-likeness (QED) is 0.684. The summed E-state index contributed by atoms with van der Waals surface area (Å²) in [5.74, 6) is 0.969. The highest BCUT2D eigenvalue weighted by atomic mass is 35.5. The second kappa shape index (κ2) is 6.12. The van der Waals surface area contributed by atoms with Crippen molar-refractivity contribution in [1.29, 1.82) is 0 Å². The third-order valence-corrected chi connectivity index (χ3v) is 3.81. The van der Waals surface area contributed by atoms with E-state index in [2.05, 4.69) is 37.9 Å². The van der Waals surface area contributed by atoms with E-state index in [9.17, 15) is 0 Å². The molecule has 0 radical (unpaired) electrons. The minimum atomic E-state index is 0.215. The fourth-order valence-corrected chi connectivity index (χ4v) is 2.23. The van der Waals surface area contributed by atoms with E-state index in [4.69, 9.17) is 11.6 Å². The molecule has 0 fully saturated rings. The Morgan fingerprint density at radius 1 is 1.27 bits per heavy atom. The summed E-state index contributed by atoms with van der Waals surface area (Å²) >= 11 is 6.47. The van der Waals surface area contributed by atoms with Gasteiger partial charge in [0.25, 0.3) is 0 Å². The molecule has 3 unspecified atom stereocenters. The fraction of sp³-hybridized carbons (Fsp3) is 0.615. The summed E-state index contributed by atoms with van der Waals surface area (Å²) in [5.41, 5.74) is 1.29. The maximum atomic E-state index is 6.47. The van der Waals surface area contributed by atoms with Gasteiger partial charge in [-0.2, -0.15) is 0 Å². The van der Waals surface area contributed by atoms with Gasteiger partial charge >= 0.3 is 0 Å². The van der Waals surface area contributed by atoms with Crippen molar-refractivity contribution < 1.29 is 0 Å². The van der Waals surface area contributed by atoms with E-state index in [1.807, 2.05) is 12.4 Å². The summed E-state index contributed by atoms with van der Waals surface area (Å²) in [6.07, 6.45) is 6.07. The molecule has 1 rings (SSSR count). The molecular weight excluding hydrogens is 206 g/mol. The molecule has 0 spiro atoms. The van der Waals surface area contributed by atoms with Gasteiger partial charge in [-0.05, 0) is 36.0 Å². The second-order valence-electron chi connectivity index (χ2n) is 4.28. The van der Waals surface area contributed by atoms with Crippen LogP contribution in [0.2, 0.25) is 0 Å². The van der Waals surface area contributed by atoms with Gasteiger partial charge < -0.3 is 0 Å². The number of rotatable bonds is 5. The first-order valence-corrected chi connectivity index (χ1v) is 6.14. The average molecular weight is 226 g/mol. The van der Waals surface area contributed by atoms with Gasteiger partial charge in [0.05, 0.1) is 0 Å². The maximum Gasteiger partial charge on any atom is 0.0427 e. The fourth-order valence-electron chi connectivity index (χ4n) is 1.96. The Labute approximate surface area is 97.9 Å². The number of hydrogen-bond donors (Lipinski definition) is 0. The van der Waals surface area contributed by atoms with Crippen LogP contribution in [0.5, 0.6) is 0 Å². The molecule has 1 aromatic heterocycles. The number of pyridine rings is 1. The van der Waals surface area contributed by atoms with Gasteiger partial charge in [-0.1, -0.05) is 27.2 Å². The van der Waals surface area contributed by atoms with E-state index in [1.54, 1.807) is 0 Å². The first-order valence-electron chi connectivity index (χ1n) is 5.70. The highest BCUT2D eigenvalue weighted by Crippen LogP contribution is 2.30. The Balaban J connectivity index is 2.64. The van der Waals surface area contributed by atoms with E-state index >= 15 is 0 Å². The third kappa shape index (κ3) is 3.49. The van der Waals surface area contributed by atoms with Crippen molar-refractivity contribution in [2.24, 2.45) is 5.92 Å². The third-order valence-electron chi connectivity index (χ3n) is 3.00. The molecule has 2 heteroatoms. The lowest BCUT2D eigenvalue weighted by Gasteiger charge is -2.24. The zero-order chi connectivity index (χ0) is 11.3. The molecule has 0 saturated carbocycles. The zero-order valence-electron chi connectivity index (χ0n) is 9.78. The molecule has 15 heavy (non-hydrogen) atoms. The number of nitrogens with zero attached hydrogens (tertiary/aromatic N) is 1. The molecule has 0 aliphatic heterocycles. The van der Waals surface area contributed by atoms with Gasteiger partial charge in [-0.25, -0.2) is 0 Å². The molecule has 0 aliphatic carbocycles. The van der Waals surface area contributed by atoms with Crippen molar-refractivity contribution in [3.8, 4) is 0 Å². The van der Waals surface area contributed by atoms with Crippen LogP contribution in [0.15, 0.2) is 24.5 Å². The summed E-state index contributed by atoms with van der Waals surface area (Å²) in [7, 11) is 0. The van der Waals surface area contributed by atoms with Crippen LogP contribution in [-0.4, -0.2) is 10.4 Å². The Bertz CT molecular complexity index is 273. The molecule has 1 heterocycles. The Morgan fingerprint density at radius 2 is 1.87 bits per heavy atom. The van der Waals surface area contributed by atoms with Crippen molar-refractivity contribution in [3.63, 3.8) is 0 Å². The van der Waals surface area contributed by atoms with Gasteiger partial charge in [0.1, 0.15) is 0 Å². The molecule has 1 aromatic rings. The van der Waals surface area contributed by atoms with E-state index in [0.29, 0.717) is 11.8 Å². The molecular formula is C13H20ClN. The minimum absolute atomic E-state index is 0.215. The smallest absolute Gasteiger partial charge is 0.0427 e. The van der Waals surface area contributed by atoms with Crippen molar-refractivity contribution in [2.45, 2.75) is 44.9 Å². The van der Waals surface area contributed by atoms with E-state index in [0.717, 1.165) is 0 Å². The summed E-state index contributed by atoms with van der Waals surface area (Å²) in [5, 5.41) is 0.215. The van der Waals surface area contributed by atoms with Gasteiger partial charge in [0, 0.05) is 17.8 Å². The predicted octanol–water partition coefficient (Wildman–Crippen LogP) is 4.23. The van der Waals surface area contributed by atoms with Crippen LogP contribution in [0.25, 0.3) is 0 Å². The second-order valence-corrected chi connectivity index (χ2v) is 4.78. The maximum absolute atomic E-state index is 6.47. The topological polar surface area (TPSA) is 12.9 Å². The highest BCUT2D eigenvalue weighted by Gasteiger charge is 2.21. The van der Waals surface area contributed by atoms with Crippen LogP contribution in [0.4, 0.5) is 0 Å². The zero-order valence-corrected chi connectivity index (χ0v) is 10.5. The normalized spacial score (nSPS) is 17.1. The summed E-state index contributed by atoms with van der Waals surface area (Å²) in [6, 6.07) is 4.11. The van der Waals surface area contributed by atoms with Crippen LogP contribution < -0.4 is 0 Å². The van der Waals surface area contributed by atoms with Crippen LogP contribution in [0.1, 0.15) is 45.1 Å². The van der Waals surface area contributed by atoms with Crippen LogP contribution in [-0.2, 0) is 0 Å². The first kappa shape index (κ1) is 12.5. The lowest BCUT2D eigenvalue weighted by molar-refractivity contribution is 0.457.